The van der Waals surface area contributed by atoms with Crippen LogP contribution in [-0.2, 0) is 4.74 Å². The summed E-state index contributed by atoms with van der Waals surface area (Å²) in [5, 5.41) is 0. The fourth-order valence-electron chi connectivity index (χ4n) is 0.747. The van der Waals surface area contributed by atoms with Gasteiger partial charge in [0.1, 0.15) is 0 Å². The molecule has 0 spiro atoms. The first-order valence-corrected chi connectivity index (χ1v) is 3.54. The summed E-state index contributed by atoms with van der Waals surface area (Å²) in [5.74, 6) is 0.537. The monoisotopic (exact) mass is 131 g/mol. The maximum Gasteiger partial charge on any atom is 0.0719 e. The van der Waals surface area contributed by atoms with Crippen molar-refractivity contribution in [1.82, 2.24) is 0 Å². The van der Waals surface area contributed by atoms with Gasteiger partial charge in [0.2, 0.25) is 0 Å². The number of hydrogen-bond acceptors (Lipinski definition) is 2. The quantitative estimate of drug-likeness (QED) is 0.618. The standard InChI is InChI=1S/C7H17NO/c1-4-9-7(5-8)6(2)3/h6-7H,4-5,8H2,1-3H3/t7-/m1/s1. The Morgan fingerprint density at radius 1 is 1.44 bits per heavy atom. The highest BCUT2D eigenvalue weighted by Crippen LogP contribution is 2.03. The lowest BCUT2D eigenvalue weighted by Gasteiger charge is -2.17. The van der Waals surface area contributed by atoms with Gasteiger partial charge >= 0.3 is 0 Å². The minimum absolute atomic E-state index is 0.245. The van der Waals surface area contributed by atoms with Crippen LogP contribution in [0.5, 0.6) is 0 Å². The van der Waals surface area contributed by atoms with Gasteiger partial charge in [0, 0.05) is 13.2 Å². The molecule has 0 rings (SSSR count). The van der Waals surface area contributed by atoms with Crippen LogP contribution in [-0.4, -0.2) is 19.3 Å². The van der Waals surface area contributed by atoms with Gasteiger partial charge in [0.25, 0.3) is 0 Å². The number of hydrogen-bond donors (Lipinski definition) is 1. The van der Waals surface area contributed by atoms with E-state index in [1.165, 1.54) is 0 Å². The minimum Gasteiger partial charge on any atom is -0.377 e. The smallest absolute Gasteiger partial charge is 0.0719 e. The molecule has 1 atom stereocenters. The van der Waals surface area contributed by atoms with Crippen LogP contribution in [0.15, 0.2) is 0 Å². The van der Waals surface area contributed by atoms with E-state index in [2.05, 4.69) is 13.8 Å². The molecule has 9 heavy (non-hydrogen) atoms. The van der Waals surface area contributed by atoms with Crippen molar-refractivity contribution in [2.45, 2.75) is 26.9 Å². The lowest BCUT2D eigenvalue weighted by Crippen LogP contribution is -2.28. The zero-order valence-electron chi connectivity index (χ0n) is 6.55. The van der Waals surface area contributed by atoms with Gasteiger partial charge in [-0.2, -0.15) is 0 Å². The Morgan fingerprint density at radius 2 is 2.00 bits per heavy atom. The Bertz CT molecular complexity index is 63.9. The van der Waals surface area contributed by atoms with Gasteiger partial charge in [-0.3, -0.25) is 0 Å². The van der Waals surface area contributed by atoms with Crippen molar-refractivity contribution < 1.29 is 4.74 Å². The van der Waals surface area contributed by atoms with E-state index in [0.29, 0.717) is 12.5 Å². The molecule has 2 heteroatoms. The van der Waals surface area contributed by atoms with Gasteiger partial charge < -0.3 is 10.5 Å². The normalized spacial score (nSPS) is 14.3. The van der Waals surface area contributed by atoms with E-state index >= 15 is 0 Å². The molecule has 0 bridgehead atoms. The SMILES string of the molecule is CCO[C@H](CN)C(C)C. The van der Waals surface area contributed by atoms with E-state index in [1.54, 1.807) is 0 Å². The predicted octanol–water partition coefficient (Wildman–Crippen LogP) is 1.01. The summed E-state index contributed by atoms with van der Waals surface area (Å²) in [5.41, 5.74) is 5.43. The van der Waals surface area contributed by atoms with E-state index < -0.39 is 0 Å². The van der Waals surface area contributed by atoms with Crippen molar-refractivity contribution in [3.63, 3.8) is 0 Å². The molecule has 0 saturated carbocycles. The highest BCUT2D eigenvalue weighted by Gasteiger charge is 2.09. The second kappa shape index (κ2) is 4.77. The molecule has 0 aliphatic heterocycles. The zero-order valence-corrected chi connectivity index (χ0v) is 6.55. The van der Waals surface area contributed by atoms with E-state index in [0.717, 1.165) is 6.61 Å². The molecule has 0 aromatic heterocycles. The second-order valence-electron chi connectivity index (χ2n) is 2.47. The third-order valence-corrected chi connectivity index (χ3v) is 1.36. The first-order chi connectivity index (χ1) is 4.22. The van der Waals surface area contributed by atoms with E-state index in [9.17, 15) is 0 Å². The van der Waals surface area contributed by atoms with Crippen LogP contribution >= 0.6 is 0 Å². The molecule has 0 unspecified atom stereocenters. The highest BCUT2D eigenvalue weighted by atomic mass is 16.5. The average Bonchev–Trinajstić information content (AvgIpc) is 1.82. The molecule has 2 N–H and O–H groups in total. The molecule has 0 aliphatic carbocycles. The van der Waals surface area contributed by atoms with Crippen LogP contribution in [0, 0.1) is 5.92 Å². The highest BCUT2D eigenvalue weighted by molar-refractivity contribution is 4.61. The molecule has 0 heterocycles. The maximum absolute atomic E-state index is 5.43. The summed E-state index contributed by atoms with van der Waals surface area (Å²) in [7, 11) is 0. The molecule has 0 amide bonds. The van der Waals surface area contributed by atoms with Gasteiger partial charge in [-0.15, -0.1) is 0 Å². The topological polar surface area (TPSA) is 35.2 Å². The van der Waals surface area contributed by atoms with Crippen molar-refractivity contribution in [1.29, 1.82) is 0 Å². The van der Waals surface area contributed by atoms with Crippen LogP contribution in [0.4, 0.5) is 0 Å². The van der Waals surface area contributed by atoms with Crippen molar-refractivity contribution in [2.24, 2.45) is 11.7 Å². The Balaban J connectivity index is 3.41. The zero-order chi connectivity index (χ0) is 7.28. The first kappa shape index (κ1) is 8.92. The lowest BCUT2D eigenvalue weighted by atomic mass is 10.1. The average molecular weight is 131 g/mol. The molecule has 0 fully saturated rings. The maximum atomic E-state index is 5.43. The molecule has 56 valence electrons. The molecule has 0 aromatic rings. The van der Waals surface area contributed by atoms with Crippen LogP contribution in [0.25, 0.3) is 0 Å². The molecular weight excluding hydrogens is 114 g/mol. The van der Waals surface area contributed by atoms with Crippen LogP contribution in [0.3, 0.4) is 0 Å². The molecule has 0 aliphatic rings. The fourth-order valence-corrected chi connectivity index (χ4v) is 0.747. The van der Waals surface area contributed by atoms with Crippen LogP contribution < -0.4 is 5.73 Å². The second-order valence-corrected chi connectivity index (χ2v) is 2.47. The molecule has 0 radical (unpaired) electrons. The van der Waals surface area contributed by atoms with Crippen LogP contribution in [0.2, 0.25) is 0 Å². The molecular formula is C7H17NO. The first-order valence-electron chi connectivity index (χ1n) is 3.54. The Morgan fingerprint density at radius 3 is 2.11 bits per heavy atom. The summed E-state index contributed by atoms with van der Waals surface area (Å²) >= 11 is 0. The predicted molar refractivity (Wildman–Crippen MR) is 39.3 cm³/mol. The third-order valence-electron chi connectivity index (χ3n) is 1.36. The van der Waals surface area contributed by atoms with Gasteiger partial charge in [-0.25, -0.2) is 0 Å². The largest absolute Gasteiger partial charge is 0.377 e. The molecule has 0 saturated heterocycles. The fraction of sp³-hybridized carbons (Fsp3) is 1.00. The van der Waals surface area contributed by atoms with Gasteiger partial charge in [0.05, 0.1) is 6.10 Å². The Kier molecular flexibility index (Phi) is 4.72. The summed E-state index contributed by atoms with van der Waals surface area (Å²) < 4.78 is 5.33. The Labute approximate surface area is 57.4 Å². The van der Waals surface area contributed by atoms with Crippen molar-refractivity contribution in [2.75, 3.05) is 13.2 Å². The van der Waals surface area contributed by atoms with E-state index in [-0.39, 0.29) is 6.10 Å². The number of rotatable bonds is 4. The van der Waals surface area contributed by atoms with Crippen LogP contribution in [0.1, 0.15) is 20.8 Å². The number of nitrogens with two attached hydrogens (primary N) is 1. The van der Waals surface area contributed by atoms with Gasteiger partial charge in [0.15, 0.2) is 0 Å². The summed E-state index contributed by atoms with van der Waals surface area (Å²) in [4.78, 5) is 0. The third kappa shape index (κ3) is 3.49. The summed E-state index contributed by atoms with van der Waals surface area (Å²) in [6.45, 7) is 7.62. The lowest BCUT2D eigenvalue weighted by molar-refractivity contribution is 0.0371. The van der Waals surface area contributed by atoms with Crippen molar-refractivity contribution >= 4 is 0 Å². The summed E-state index contributed by atoms with van der Waals surface area (Å²) in [6.07, 6.45) is 0.245. The van der Waals surface area contributed by atoms with Crippen molar-refractivity contribution in [3.05, 3.63) is 0 Å². The summed E-state index contributed by atoms with van der Waals surface area (Å²) in [6, 6.07) is 0. The number of ether oxygens (including phenoxy) is 1. The van der Waals surface area contributed by atoms with Gasteiger partial charge in [-0.05, 0) is 12.8 Å². The Hall–Kier alpha value is -0.0800. The molecule has 0 aromatic carbocycles. The van der Waals surface area contributed by atoms with E-state index in [1.807, 2.05) is 6.92 Å². The molecule has 2 nitrogen and oxygen atoms in total. The minimum atomic E-state index is 0.245. The van der Waals surface area contributed by atoms with E-state index in [4.69, 9.17) is 10.5 Å². The van der Waals surface area contributed by atoms with Crippen molar-refractivity contribution in [3.8, 4) is 0 Å². The van der Waals surface area contributed by atoms with Gasteiger partial charge in [-0.1, -0.05) is 13.8 Å².